The summed E-state index contributed by atoms with van der Waals surface area (Å²) in [5, 5.41) is 3.66. The van der Waals surface area contributed by atoms with E-state index in [1.807, 2.05) is 17.8 Å². The van der Waals surface area contributed by atoms with E-state index < -0.39 is 0 Å². The average Bonchev–Trinajstić information content (AvgIpc) is 2.85. The fourth-order valence-corrected chi connectivity index (χ4v) is 2.37. The van der Waals surface area contributed by atoms with Crippen molar-refractivity contribution in [1.82, 2.24) is 14.3 Å². The summed E-state index contributed by atoms with van der Waals surface area (Å²) >= 11 is 7.57. The lowest BCUT2D eigenvalue weighted by Crippen LogP contribution is -1.76. The minimum absolute atomic E-state index is 0.711. The summed E-state index contributed by atoms with van der Waals surface area (Å²) in [5.74, 6) is 0. The Morgan fingerprint density at radius 1 is 1.40 bits per heavy atom. The fraction of sp³-hybridized carbons (Fsp3) is 0. The van der Waals surface area contributed by atoms with Gasteiger partial charge in [-0.1, -0.05) is 11.6 Å². The highest BCUT2D eigenvalue weighted by molar-refractivity contribution is 7.03. The third-order valence-electron chi connectivity index (χ3n) is 2.27. The highest BCUT2D eigenvalue weighted by Crippen LogP contribution is 2.32. The molecule has 1 N–H and O–H groups in total. The summed E-state index contributed by atoms with van der Waals surface area (Å²) in [6, 6.07) is 1.79. The van der Waals surface area contributed by atoms with Crippen LogP contribution in [0.5, 0.6) is 0 Å². The number of nitrogens with one attached hydrogen (secondary N) is 1. The van der Waals surface area contributed by atoms with Crippen LogP contribution in [0.3, 0.4) is 0 Å². The molecule has 0 aliphatic carbocycles. The Morgan fingerprint density at radius 3 is 3.13 bits per heavy atom. The Kier molecular flexibility index (Phi) is 1.97. The largest absolute Gasteiger partial charge is 0.345 e. The van der Waals surface area contributed by atoms with Gasteiger partial charge in [0.15, 0.2) is 0 Å². The number of rotatable bonds is 1. The molecule has 0 aromatic carbocycles. The van der Waals surface area contributed by atoms with Crippen molar-refractivity contribution in [3.8, 4) is 11.1 Å². The maximum atomic E-state index is 6.14. The molecule has 3 aromatic rings. The van der Waals surface area contributed by atoms with Gasteiger partial charge in [-0.25, -0.2) is 9.36 Å². The maximum Gasteiger partial charge on any atom is 0.139 e. The van der Waals surface area contributed by atoms with Crippen LogP contribution in [-0.2, 0) is 0 Å². The van der Waals surface area contributed by atoms with E-state index >= 15 is 0 Å². The summed E-state index contributed by atoms with van der Waals surface area (Å²) < 4.78 is 4.08. The van der Waals surface area contributed by atoms with Gasteiger partial charge in [-0.15, -0.1) is 0 Å². The molecule has 0 bridgehead atoms. The van der Waals surface area contributed by atoms with Crippen molar-refractivity contribution >= 4 is 34.2 Å². The molecular formula is C10H6ClN3S. The monoisotopic (exact) mass is 235 g/mol. The zero-order chi connectivity index (χ0) is 10.3. The van der Waals surface area contributed by atoms with Crippen LogP contribution in [0.15, 0.2) is 30.0 Å². The molecule has 0 amide bonds. The first-order valence-electron chi connectivity index (χ1n) is 4.37. The van der Waals surface area contributed by atoms with E-state index in [2.05, 4.69) is 14.3 Å². The van der Waals surface area contributed by atoms with Crippen LogP contribution in [-0.4, -0.2) is 14.3 Å². The smallest absolute Gasteiger partial charge is 0.139 e. The lowest BCUT2D eigenvalue weighted by Gasteiger charge is -1.96. The summed E-state index contributed by atoms with van der Waals surface area (Å²) in [6.07, 6.45) is 5.43. The standard InChI is InChI=1S/C10H6ClN3S/c11-8-1-2-12-10-9(8)7(4-13-10)6-3-14-15-5-6/h1-5H,(H,12,13). The molecule has 3 heterocycles. The highest BCUT2D eigenvalue weighted by atomic mass is 35.5. The van der Waals surface area contributed by atoms with Crippen LogP contribution in [0, 0.1) is 0 Å². The summed E-state index contributed by atoms with van der Waals surface area (Å²) in [7, 11) is 0. The minimum atomic E-state index is 0.711. The Bertz CT molecular complexity index is 600. The van der Waals surface area contributed by atoms with Crippen molar-refractivity contribution in [2.75, 3.05) is 0 Å². The Morgan fingerprint density at radius 2 is 2.33 bits per heavy atom. The van der Waals surface area contributed by atoms with Crippen molar-refractivity contribution < 1.29 is 0 Å². The second-order valence-electron chi connectivity index (χ2n) is 3.13. The van der Waals surface area contributed by atoms with Gasteiger partial charge < -0.3 is 4.98 Å². The Balaban J connectivity index is 2.37. The topological polar surface area (TPSA) is 41.6 Å². The van der Waals surface area contributed by atoms with Gasteiger partial charge in [-0.3, -0.25) is 0 Å². The van der Waals surface area contributed by atoms with E-state index in [9.17, 15) is 0 Å². The number of hydrogen-bond donors (Lipinski definition) is 1. The maximum absolute atomic E-state index is 6.14. The van der Waals surface area contributed by atoms with Gasteiger partial charge in [0.05, 0.1) is 5.02 Å². The van der Waals surface area contributed by atoms with Gasteiger partial charge in [0, 0.05) is 40.5 Å². The number of halogens is 1. The van der Waals surface area contributed by atoms with Crippen molar-refractivity contribution in [2.24, 2.45) is 0 Å². The molecule has 5 heteroatoms. The van der Waals surface area contributed by atoms with Gasteiger partial charge >= 0.3 is 0 Å². The van der Waals surface area contributed by atoms with Crippen LogP contribution in [0.4, 0.5) is 0 Å². The van der Waals surface area contributed by atoms with E-state index in [-0.39, 0.29) is 0 Å². The van der Waals surface area contributed by atoms with Crippen LogP contribution in [0.1, 0.15) is 0 Å². The molecular weight excluding hydrogens is 230 g/mol. The fourth-order valence-electron chi connectivity index (χ4n) is 1.58. The molecule has 0 aliphatic rings. The minimum Gasteiger partial charge on any atom is -0.345 e. The van der Waals surface area contributed by atoms with Crippen LogP contribution >= 0.6 is 23.1 Å². The third-order valence-corrected chi connectivity index (χ3v) is 3.17. The first kappa shape index (κ1) is 8.88. The summed E-state index contributed by atoms with van der Waals surface area (Å²) in [4.78, 5) is 7.31. The zero-order valence-electron chi connectivity index (χ0n) is 7.57. The SMILES string of the molecule is Clc1ccnc2[nH]cc(-c3cnsc3)c12. The number of aromatic amines is 1. The second kappa shape index (κ2) is 3.32. The average molecular weight is 236 g/mol. The first-order valence-corrected chi connectivity index (χ1v) is 5.59. The molecule has 0 aliphatic heterocycles. The van der Waals surface area contributed by atoms with Crippen molar-refractivity contribution in [3.63, 3.8) is 0 Å². The number of pyridine rings is 1. The molecule has 74 valence electrons. The van der Waals surface area contributed by atoms with Crippen LogP contribution in [0.25, 0.3) is 22.2 Å². The second-order valence-corrected chi connectivity index (χ2v) is 4.20. The zero-order valence-corrected chi connectivity index (χ0v) is 9.14. The van der Waals surface area contributed by atoms with E-state index in [1.165, 1.54) is 11.5 Å². The molecule has 3 rings (SSSR count). The number of H-pyrrole nitrogens is 1. The molecule has 0 saturated heterocycles. The van der Waals surface area contributed by atoms with Crippen LogP contribution < -0.4 is 0 Å². The lowest BCUT2D eigenvalue weighted by atomic mass is 10.1. The predicted molar refractivity (Wildman–Crippen MR) is 62.2 cm³/mol. The van der Waals surface area contributed by atoms with Crippen molar-refractivity contribution in [3.05, 3.63) is 35.1 Å². The first-order chi connectivity index (χ1) is 7.36. The number of nitrogens with zero attached hydrogens (tertiary/aromatic N) is 2. The summed E-state index contributed by atoms with van der Waals surface area (Å²) in [6.45, 7) is 0. The Labute approximate surface area is 94.9 Å². The quantitative estimate of drug-likeness (QED) is 0.703. The molecule has 0 atom stereocenters. The van der Waals surface area contributed by atoms with Crippen molar-refractivity contribution in [1.29, 1.82) is 0 Å². The van der Waals surface area contributed by atoms with E-state index in [4.69, 9.17) is 11.6 Å². The van der Waals surface area contributed by atoms with Gasteiger partial charge in [0.2, 0.25) is 0 Å². The van der Waals surface area contributed by atoms with E-state index in [0.717, 1.165) is 22.2 Å². The molecule has 0 fully saturated rings. The normalized spacial score (nSPS) is 11.0. The molecule has 15 heavy (non-hydrogen) atoms. The van der Waals surface area contributed by atoms with E-state index in [1.54, 1.807) is 12.3 Å². The molecule has 0 spiro atoms. The van der Waals surface area contributed by atoms with Gasteiger partial charge in [-0.2, -0.15) is 0 Å². The molecule has 3 nitrogen and oxygen atoms in total. The lowest BCUT2D eigenvalue weighted by molar-refractivity contribution is 1.33. The van der Waals surface area contributed by atoms with Crippen molar-refractivity contribution in [2.45, 2.75) is 0 Å². The Hall–Kier alpha value is -1.39. The van der Waals surface area contributed by atoms with E-state index in [0.29, 0.717) is 5.02 Å². The molecule has 0 radical (unpaired) electrons. The number of hydrogen-bond acceptors (Lipinski definition) is 3. The van der Waals surface area contributed by atoms with Gasteiger partial charge in [0.1, 0.15) is 5.65 Å². The number of fused-ring (bicyclic) bond motifs is 1. The van der Waals surface area contributed by atoms with Gasteiger partial charge in [-0.05, 0) is 17.6 Å². The summed E-state index contributed by atoms with van der Waals surface area (Å²) in [5.41, 5.74) is 2.93. The predicted octanol–water partition coefficient (Wildman–Crippen LogP) is 3.34. The third kappa shape index (κ3) is 1.33. The molecule has 3 aromatic heterocycles. The molecule has 0 saturated carbocycles. The van der Waals surface area contributed by atoms with Gasteiger partial charge in [0.25, 0.3) is 0 Å². The van der Waals surface area contributed by atoms with Crippen LogP contribution in [0.2, 0.25) is 5.02 Å². The highest BCUT2D eigenvalue weighted by Gasteiger charge is 2.10. The number of aromatic nitrogens is 3. The molecule has 0 unspecified atom stereocenters.